The molecule has 1 saturated heterocycles. The highest BCUT2D eigenvalue weighted by atomic mass is 79.9. The van der Waals surface area contributed by atoms with Crippen LogP contribution in [0, 0.1) is 0 Å². The fourth-order valence-electron chi connectivity index (χ4n) is 2.73. The van der Waals surface area contributed by atoms with E-state index in [9.17, 15) is 0 Å². The van der Waals surface area contributed by atoms with E-state index < -0.39 is 0 Å². The molecule has 1 aromatic rings. The maximum atomic E-state index is 6.23. The summed E-state index contributed by atoms with van der Waals surface area (Å²) in [7, 11) is 0. The van der Waals surface area contributed by atoms with Gasteiger partial charge in [-0.1, -0.05) is 27.5 Å². The molecule has 2 unspecified atom stereocenters. The summed E-state index contributed by atoms with van der Waals surface area (Å²) in [5.41, 5.74) is 2.38. The van der Waals surface area contributed by atoms with Gasteiger partial charge in [-0.05, 0) is 24.6 Å². The molecule has 0 amide bonds. The molecule has 0 radical (unpaired) electrons. The predicted octanol–water partition coefficient (Wildman–Crippen LogP) is 3.50. The molecule has 2 nitrogen and oxygen atoms in total. The fraction of sp³-hybridized carbons (Fsp3) is 0.500. The number of hydrogen-bond acceptors (Lipinski definition) is 2. The molecule has 1 N–H and O–H groups in total. The van der Waals surface area contributed by atoms with Crippen LogP contribution in [0.1, 0.15) is 24.0 Å². The highest BCUT2D eigenvalue weighted by Gasteiger charge is 2.45. The maximum absolute atomic E-state index is 6.23. The fourth-order valence-corrected chi connectivity index (χ4v) is 3.60. The van der Waals surface area contributed by atoms with Crippen molar-refractivity contribution in [1.29, 1.82) is 0 Å². The van der Waals surface area contributed by atoms with Crippen LogP contribution in [0.15, 0.2) is 16.6 Å². The van der Waals surface area contributed by atoms with Gasteiger partial charge < -0.3 is 10.1 Å². The molecule has 94 valence electrons. The molecular weight excluding hydrogens is 325 g/mol. The van der Waals surface area contributed by atoms with Gasteiger partial charge in [-0.25, -0.2) is 0 Å². The standard InChI is InChI=1S/C12H13BrClNO.ClH/c1-12-6-15-4-8(12)11-7(5-16-12)10(14)3-2-9(11)13;/h2-3,8,15H,4-6H2,1H3;1H. The van der Waals surface area contributed by atoms with E-state index in [1.54, 1.807) is 0 Å². The molecule has 0 saturated carbocycles. The molecule has 17 heavy (non-hydrogen) atoms. The average molecular weight is 339 g/mol. The normalized spacial score (nSPS) is 30.4. The largest absolute Gasteiger partial charge is 0.369 e. The van der Waals surface area contributed by atoms with Gasteiger partial charge in [-0.3, -0.25) is 0 Å². The summed E-state index contributed by atoms with van der Waals surface area (Å²) in [5.74, 6) is 0.393. The van der Waals surface area contributed by atoms with E-state index >= 15 is 0 Å². The Hall–Kier alpha value is 0.200. The van der Waals surface area contributed by atoms with Gasteiger partial charge in [0.1, 0.15) is 0 Å². The number of fused-ring (bicyclic) bond motifs is 3. The summed E-state index contributed by atoms with van der Waals surface area (Å²) in [5, 5.41) is 4.22. The van der Waals surface area contributed by atoms with Crippen molar-refractivity contribution in [3.8, 4) is 0 Å². The molecular formula is C12H14BrCl2NO. The molecule has 3 rings (SSSR count). The Labute approximate surface area is 121 Å². The van der Waals surface area contributed by atoms with Crippen LogP contribution in [0.3, 0.4) is 0 Å². The van der Waals surface area contributed by atoms with Gasteiger partial charge in [0, 0.05) is 34.1 Å². The van der Waals surface area contributed by atoms with E-state index in [-0.39, 0.29) is 18.0 Å². The van der Waals surface area contributed by atoms with Crippen molar-refractivity contribution in [2.75, 3.05) is 13.1 Å². The third-order valence-electron chi connectivity index (χ3n) is 3.70. The second-order valence-electron chi connectivity index (χ2n) is 4.71. The topological polar surface area (TPSA) is 21.3 Å². The van der Waals surface area contributed by atoms with Crippen LogP contribution in [0.4, 0.5) is 0 Å². The molecule has 1 fully saturated rings. The van der Waals surface area contributed by atoms with Crippen LogP contribution in [0.5, 0.6) is 0 Å². The Kier molecular flexibility index (Phi) is 3.77. The molecule has 2 aliphatic rings. The molecule has 2 atom stereocenters. The van der Waals surface area contributed by atoms with Gasteiger partial charge in [0.05, 0.1) is 12.2 Å². The minimum Gasteiger partial charge on any atom is -0.369 e. The van der Waals surface area contributed by atoms with E-state index in [1.165, 1.54) is 5.56 Å². The molecule has 5 heteroatoms. The number of halogens is 3. The van der Waals surface area contributed by atoms with Crippen molar-refractivity contribution in [3.05, 3.63) is 32.8 Å². The minimum absolute atomic E-state index is 0. The third kappa shape index (κ3) is 2.02. The zero-order valence-electron chi connectivity index (χ0n) is 9.43. The summed E-state index contributed by atoms with van der Waals surface area (Å²) < 4.78 is 7.13. The summed E-state index contributed by atoms with van der Waals surface area (Å²) in [6.45, 7) is 4.66. The van der Waals surface area contributed by atoms with Crippen molar-refractivity contribution >= 4 is 39.9 Å². The Morgan fingerprint density at radius 1 is 1.53 bits per heavy atom. The number of hydrogen-bond donors (Lipinski definition) is 1. The van der Waals surface area contributed by atoms with Crippen LogP contribution in [-0.2, 0) is 11.3 Å². The molecule has 0 aromatic heterocycles. The van der Waals surface area contributed by atoms with Crippen LogP contribution in [0.2, 0.25) is 5.02 Å². The van der Waals surface area contributed by atoms with E-state index in [0.717, 1.165) is 28.1 Å². The lowest BCUT2D eigenvalue weighted by Crippen LogP contribution is -2.40. The third-order valence-corrected chi connectivity index (χ3v) is 4.75. The molecule has 2 aliphatic heterocycles. The van der Waals surface area contributed by atoms with Crippen LogP contribution in [0.25, 0.3) is 0 Å². The lowest BCUT2D eigenvalue weighted by Gasteiger charge is -2.38. The lowest BCUT2D eigenvalue weighted by molar-refractivity contribution is -0.0519. The summed E-state index contributed by atoms with van der Waals surface area (Å²) in [6.07, 6.45) is 0. The zero-order chi connectivity index (χ0) is 11.3. The van der Waals surface area contributed by atoms with Gasteiger partial charge >= 0.3 is 0 Å². The van der Waals surface area contributed by atoms with Gasteiger partial charge in [0.15, 0.2) is 0 Å². The minimum atomic E-state index is -0.0831. The summed E-state index contributed by atoms with van der Waals surface area (Å²) >= 11 is 9.86. The van der Waals surface area contributed by atoms with Crippen molar-refractivity contribution in [2.24, 2.45) is 0 Å². The van der Waals surface area contributed by atoms with E-state index in [2.05, 4.69) is 28.2 Å². The number of nitrogens with one attached hydrogen (secondary N) is 1. The molecule has 0 spiro atoms. The van der Waals surface area contributed by atoms with Gasteiger partial charge in [-0.15, -0.1) is 12.4 Å². The Morgan fingerprint density at radius 3 is 3.06 bits per heavy atom. The molecule has 0 bridgehead atoms. The first-order valence-electron chi connectivity index (χ1n) is 5.43. The van der Waals surface area contributed by atoms with Crippen molar-refractivity contribution in [3.63, 3.8) is 0 Å². The first-order valence-corrected chi connectivity index (χ1v) is 6.60. The van der Waals surface area contributed by atoms with Crippen molar-refractivity contribution in [1.82, 2.24) is 5.32 Å². The SMILES string of the molecule is CC12CNCC1c1c(Br)ccc(Cl)c1CO2.Cl. The zero-order valence-corrected chi connectivity index (χ0v) is 12.6. The maximum Gasteiger partial charge on any atom is 0.0863 e. The van der Waals surface area contributed by atoms with Crippen molar-refractivity contribution in [2.45, 2.75) is 25.0 Å². The monoisotopic (exact) mass is 337 g/mol. The smallest absolute Gasteiger partial charge is 0.0863 e. The number of rotatable bonds is 0. The highest BCUT2D eigenvalue weighted by molar-refractivity contribution is 9.10. The van der Waals surface area contributed by atoms with Crippen molar-refractivity contribution < 1.29 is 4.74 Å². The van der Waals surface area contributed by atoms with Gasteiger partial charge in [0.25, 0.3) is 0 Å². The van der Waals surface area contributed by atoms with Gasteiger partial charge in [-0.2, -0.15) is 0 Å². The van der Waals surface area contributed by atoms with E-state index in [0.29, 0.717) is 12.5 Å². The van der Waals surface area contributed by atoms with Gasteiger partial charge in [0.2, 0.25) is 0 Å². The first kappa shape index (κ1) is 13.6. The van der Waals surface area contributed by atoms with Crippen LogP contribution >= 0.6 is 39.9 Å². The average Bonchev–Trinajstić information content (AvgIpc) is 2.64. The quantitative estimate of drug-likeness (QED) is 0.781. The van der Waals surface area contributed by atoms with Crippen LogP contribution < -0.4 is 5.32 Å². The second-order valence-corrected chi connectivity index (χ2v) is 5.97. The summed E-state index contributed by atoms with van der Waals surface area (Å²) in [4.78, 5) is 0. The van der Waals surface area contributed by atoms with Crippen LogP contribution in [-0.4, -0.2) is 18.7 Å². The Bertz CT molecular complexity index is 454. The van der Waals surface area contributed by atoms with E-state index in [4.69, 9.17) is 16.3 Å². The lowest BCUT2D eigenvalue weighted by atomic mass is 9.81. The Balaban J connectivity index is 0.00000108. The molecule has 2 heterocycles. The number of benzene rings is 1. The number of ether oxygens (including phenoxy) is 1. The van der Waals surface area contributed by atoms with E-state index in [1.807, 2.05) is 12.1 Å². The second kappa shape index (κ2) is 4.71. The predicted molar refractivity (Wildman–Crippen MR) is 75.2 cm³/mol. The molecule has 1 aromatic carbocycles. The highest BCUT2D eigenvalue weighted by Crippen LogP contribution is 2.46. The summed E-state index contributed by atoms with van der Waals surface area (Å²) in [6, 6.07) is 3.96. The molecule has 0 aliphatic carbocycles. The Morgan fingerprint density at radius 2 is 2.29 bits per heavy atom. The first-order chi connectivity index (χ1) is 7.62.